The Kier molecular flexibility index (Phi) is 8.83. The number of halogens is 1. The molecule has 0 amide bonds. The normalized spacial score (nSPS) is 13.2. The maximum absolute atomic E-state index is 12.8. The van der Waals surface area contributed by atoms with E-state index in [1.54, 1.807) is 0 Å². The van der Waals surface area contributed by atoms with Gasteiger partial charge < -0.3 is 10.8 Å². The molecule has 0 aromatic heterocycles. The lowest BCUT2D eigenvalue weighted by Crippen LogP contribution is -2.08. The summed E-state index contributed by atoms with van der Waals surface area (Å²) in [5.74, 6) is 0. The molecule has 12 heavy (non-hydrogen) atoms. The quantitative estimate of drug-likeness (QED) is 0.553. The van der Waals surface area contributed by atoms with Gasteiger partial charge in [-0.1, -0.05) is 19.3 Å². The first-order valence-corrected chi connectivity index (χ1v) is 4.76. The molecular weight excluding hydrogens is 157 g/mol. The maximum atomic E-state index is 12.8. The van der Waals surface area contributed by atoms with Crippen molar-refractivity contribution in [3.8, 4) is 0 Å². The van der Waals surface area contributed by atoms with E-state index in [1.165, 1.54) is 0 Å². The standard InChI is InChI=1S/C9H20FNO/c10-9(6-7-11)5-3-1-2-4-8-12/h9,12H,1-8,11H2. The molecule has 0 fully saturated rings. The summed E-state index contributed by atoms with van der Waals surface area (Å²) >= 11 is 0. The third-order valence-electron chi connectivity index (χ3n) is 1.91. The molecule has 0 saturated carbocycles. The molecule has 0 bridgehead atoms. The number of rotatable bonds is 8. The Morgan fingerprint density at radius 1 is 1.08 bits per heavy atom. The van der Waals surface area contributed by atoms with Crippen molar-refractivity contribution >= 4 is 0 Å². The van der Waals surface area contributed by atoms with Gasteiger partial charge >= 0.3 is 0 Å². The van der Waals surface area contributed by atoms with Gasteiger partial charge in [-0.05, 0) is 25.8 Å². The zero-order valence-electron chi connectivity index (χ0n) is 7.64. The summed E-state index contributed by atoms with van der Waals surface area (Å²) in [6.07, 6.45) is 4.18. The molecule has 1 unspecified atom stereocenters. The van der Waals surface area contributed by atoms with Gasteiger partial charge in [-0.25, -0.2) is 4.39 Å². The van der Waals surface area contributed by atoms with Gasteiger partial charge in [0.1, 0.15) is 6.17 Å². The molecule has 0 aromatic carbocycles. The molecule has 0 heterocycles. The lowest BCUT2D eigenvalue weighted by atomic mass is 10.1. The SMILES string of the molecule is NCCC(F)CCCCCCO. The van der Waals surface area contributed by atoms with Gasteiger partial charge in [0.2, 0.25) is 0 Å². The van der Waals surface area contributed by atoms with Crippen LogP contribution in [0.1, 0.15) is 38.5 Å². The second-order valence-corrected chi connectivity index (χ2v) is 3.10. The predicted octanol–water partition coefficient (Wildman–Crippen LogP) is 1.62. The van der Waals surface area contributed by atoms with E-state index < -0.39 is 6.17 Å². The van der Waals surface area contributed by atoms with E-state index in [0.717, 1.165) is 25.7 Å². The topological polar surface area (TPSA) is 46.2 Å². The van der Waals surface area contributed by atoms with Crippen molar-refractivity contribution in [3.05, 3.63) is 0 Å². The number of alkyl halides is 1. The Hall–Kier alpha value is -0.150. The van der Waals surface area contributed by atoms with E-state index in [2.05, 4.69) is 0 Å². The van der Waals surface area contributed by atoms with Crippen LogP contribution < -0.4 is 5.73 Å². The van der Waals surface area contributed by atoms with E-state index in [-0.39, 0.29) is 6.61 Å². The first-order valence-electron chi connectivity index (χ1n) is 4.76. The van der Waals surface area contributed by atoms with Crippen LogP contribution in [0.15, 0.2) is 0 Å². The van der Waals surface area contributed by atoms with E-state index in [1.807, 2.05) is 0 Å². The Bertz CT molecular complexity index is 90.6. The molecule has 0 aliphatic rings. The molecule has 3 N–H and O–H groups in total. The first kappa shape index (κ1) is 11.8. The Morgan fingerprint density at radius 2 is 1.75 bits per heavy atom. The van der Waals surface area contributed by atoms with Crippen molar-refractivity contribution < 1.29 is 9.50 Å². The Balaban J connectivity index is 2.97. The molecule has 0 aliphatic heterocycles. The molecule has 0 rings (SSSR count). The second-order valence-electron chi connectivity index (χ2n) is 3.10. The van der Waals surface area contributed by atoms with Gasteiger partial charge in [0, 0.05) is 6.61 Å². The van der Waals surface area contributed by atoms with Crippen LogP contribution in [0.5, 0.6) is 0 Å². The van der Waals surface area contributed by atoms with Crippen molar-refractivity contribution in [2.75, 3.05) is 13.2 Å². The second kappa shape index (κ2) is 8.94. The zero-order chi connectivity index (χ0) is 9.23. The van der Waals surface area contributed by atoms with Crippen LogP contribution in [0.25, 0.3) is 0 Å². The molecule has 74 valence electrons. The van der Waals surface area contributed by atoms with Crippen molar-refractivity contribution in [1.29, 1.82) is 0 Å². The van der Waals surface area contributed by atoms with Crippen LogP contribution >= 0.6 is 0 Å². The highest BCUT2D eigenvalue weighted by Gasteiger charge is 2.03. The molecule has 0 radical (unpaired) electrons. The van der Waals surface area contributed by atoms with Crippen molar-refractivity contribution in [1.82, 2.24) is 0 Å². The molecule has 0 spiro atoms. The van der Waals surface area contributed by atoms with Gasteiger partial charge in [0.25, 0.3) is 0 Å². The molecule has 0 aliphatic carbocycles. The molecule has 1 atom stereocenters. The minimum atomic E-state index is -0.718. The molecule has 0 saturated heterocycles. The fourth-order valence-corrected chi connectivity index (χ4v) is 1.16. The highest BCUT2D eigenvalue weighted by atomic mass is 19.1. The van der Waals surface area contributed by atoms with E-state index in [0.29, 0.717) is 19.4 Å². The largest absolute Gasteiger partial charge is 0.396 e. The zero-order valence-corrected chi connectivity index (χ0v) is 7.64. The number of hydrogen-bond donors (Lipinski definition) is 2. The third-order valence-corrected chi connectivity index (χ3v) is 1.91. The molecule has 3 heteroatoms. The van der Waals surface area contributed by atoms with Gasteiger partial charge in [-0.3, -0.25) is 0 Å². The Labute approximate surface area is 74.0 Å². The molecule has 2 nitrogen and oxygen atoms in total. The fraction of sp³-hybridized carbons (Fsp3) is 1.00. The predicted molar refractivity (Wildman–Crippen MR) is 48.7 cm³/mol. The molecular formula is C9H20FNO. The van der Waals surface area contributed by atoms with Crippen molar-refractivity contribution in [3.63, 3.8) is 0 Å². The van der Waals surface area contributed by atoms with Gasteiger partial charge in [-0.15, -0.1) is 0 Å². The van der Waals surface area contributed by atoms with Crippen LogP contribution in [0.3, 0.4) is 0 Å². The van der Waals surface area contributed by atoms with Crippen LogP contribution in [0, 0.1) is 0 Å². The monoisotopic (exact) mass is 177 g/mol. The summed E-state index contributed by atoms with van der Waals surface area (Å²) in [6.45, 7) is 0.694. The number of nitrogens with two attached hydrogens (primary N) is 1. The Morgan fingerprint density at radius 3 is 2.33 bits per heavy atom. The summed E-state index contributed by atoms with van der Waals surface area (Å²) in [5, 5.41) is 8.47. The van der Waals surface area contributed by atoms with Crippen LogP contribution in [0.2, 0.25) is 0 Å². The highest BCUT2D eigenvalue weighted by Crippen LogP contribution is 2.09. The maximum Gasteiger partial charge on any atom is 0.101 e. The van der Waals surface area contributed by atoms with E-state index in [4.69, 9.17) is 10.8 Å². The van der Waals surface area contributed by atoms with Crippen molar-refractivity contribution in [2.45, 2.75) is 44.7 Å². The van der Waals surface area contributed by atoms with Gasteiger partial charge in [0.15, 0.2) is 0 Å². The minimum absolute atomic E-state index is 0.252. The summed E-state index contributed by atoms with van der Waals surface area (Å²) in [7, 11) is 0. The average Bonchev–Trinajstić information content (AvgIpc) is 2.05. The summed E-state index contributed by atoms with van der Waals surface area (Å²) in [5.41, 5.74) is 5.21. The fourth-order valence-electron chi connectivity index (χ4n) is 1.16. The van der Waals surface area contributed by atoms with E-state index >= 15 is 0 Å². The number of aliphatic hydroxyl groups excluding tert-OH is 1. The van der Waals surface area contributed by atoms with Crippen LogP contribution in [0.4, 0.5) is 4.39 Å². The molecule has 0 aromatic rings. The smallest absolute Gasteiger partial charge is 0.101 e. The summed E-state index contributed by atoms with van der Waals surface area (Å²) in [6, 6.07) is 0. The minimum Gasteiger partial charge on any atom is -0.396 e. The van der Waals surface area contributed by atoms with Crippen molar-refractivity contribution in [2.24, 2.45) is 5.73 Å². The van der Waals surface area contributed by atoms with Gasteiger partial charge in [-0.2, -0.15) is 0 Å². The third kappa shape index (κ3) is 7.95. The number of unbranched alkanes of at least 4 members (excludes halogenated alkanes) is 3. The number of hydrogen-bond acceptors (Lipinski definition) is 2. The van der Waals surface area contributed by atoms with E-state index in [9.17, 15) is 4.39 Å². The number of aliphatic hydroxyl groups is 1. The lowest BCUT2D eigenvalue weighted by Gasteiger charge is -2.05. The highest BCUT2D eigenvalue weighted by molar-refractivity contribution is 4.56. The van der Waals surface area contributed by atoms with Crippen LogP contribution in [-0.2, 0) is 0 Å². The lowest BCUT2D eigenvalue weighted by molar-refractivity contribution is 0.273. The summed E-state index contributed by atoms with van der Waals surface area (Å²) < 4.78 is 12.8. The van der Waals surface area contributed by atoms with Gasteiger partial charge in [0.05, 0.1) is 0 Å². The average molecular weight is 177 g/mol. The summed E-state index contributed by atoms with van der Waals surface area (Å²) in [4.78, 5) is 0. The van der Waals surface area contributed by atoms with Crippen LogP contribution in [-0.4, -0.2) is 24.4 Å². The first-order chi connectivity index (χ1) is 5.81.